The maximum Gasteiger partial charge on any atom is 0.101 e. The Hall–Kier alpha value is -2.05. The molecule has 0 saturated carbocycles. The highest BCUT2D eigenvalue weighted by molar-refractivity contribution is 6.30. The topological polar surface area (TPSA) is 48.7 Å². The van der Waals surface area contributed by atoms with E-state index < -0.39 is 0 Å². The molecular weight excluding hydrogens is 246 g/mol. The monoisotopic (exact) mass is 257 g/mol. The van der Waals surface area contributed by atoms with Gasteiger partial charge in [-0.2, -0.15) is 5.26 Å². The Balaban J connectivity index is 2.22. The van der Waals surface area contributed by atoms with E-state index in [1.54, 1.807) is 18.5 Å². The normalized spacial score (nSPS) is 11.6. The van der Waals surface area contributed by atoms with E-state index in [1.807, 2.05) is 31.2 Å². The highest BCUT2D eigenvalue weighted by Crippen LogP contribution is 2.23. The summed E-state index contributed by atoms with van der Waals surface area (Å²) >= 11 is 5.96. The maximum absolute atomic E-state index is 9.01. The summed E-state index contributed by atoms with van der Waals surface area (Å²) in [7, 11) is 0. The van der Waals surface area contributed by atoms with Crippen LogP contribution < -0.4 is 5.32 Å². The Kier molecular flexibility index (Phi) is 3.81. The standard InChI is InChI=1S/C14H12ClN3/c1-10(11-3-2-4-13(15)7-11)18-14-9-17-6-5-12(14)8-16/h2-7,9-10,18H,1H3. The highest BCUT2D eigenvalue weighted by Gasteiger charge is 2.08. The summed E-state index contributed by atoms with van der Waals surface area (Å²) in [6.07, 6.45) is 3.26. The van der Waals surface area contributed by atoms with Crippen LogP contribution in [0.15, 0.2) is 42.7 Å². The van der Waals surface area contributed by atoms with Crippen molar-refractivity contribution in [1.29, 1.82) is 5.26 Å². The van der Waals surface area contributed by atoms with Crippen molar-refractivity contribution in [2.45, 2.75) is 13.0 Å². The molecular formula is C14H12ClN3. The Labute approximate surface area is 111 Å². The van der Waals surface area contributed by atoms with Gasteiger partial charge in [0.1, 0.15) is 6.07 Å². The van der Waals surface area contributed by atoms with Gasteiger partial charge in [-0.3, -0.25) is 4.98 Å². The molecule has 1 atom stereocenters. The largest absolute Gasteiger partial charge is 0.376 e. The molecule has 1 aromatic heterocycles. The van der Waals surface area contributed by atoms with Gasteiger partial charge in [-0.25, -0.2) is 0 Å². The smallest absolute Gasteiger partial charge is 0.101 e. The maximum atomic E-state index is 9.01. The van der Waals surface area contributed by atoms with Crippen molar-refractivity contribution < 1.29 is 0 Å². The molecule has 0 spiro atoms. The Morgan fingerprint density at radius 3 is 2.94 bits per heavy atom. The van der Waals surface area contributed by atoms with Crippen LogP contribution in [-0.4, -0.2) is 4.98 Å². The van der Waals surface area contributed by atoms with Gasteiger partial charge in [-0.05, 0) is 30.7 Å². The Morgan fingerprint density at radius 1 is 1.39 bits per heavy atom. The third kappa shape index (κ3) is 2.79. The number of benzene rings is 1. The van der Waals surface area contributed by atoms with E-state index in [0.29, 0.717) is 10.6 Å². The first-order valence-electron chi connectivity index (χ1n) is 5.57. The van der Waals surface area contributed by atoms with Gasteiger partial charge in [-0.15, -0.1) is 0 Å². The summed E-state index contributed by atoms with van der Waals surface area (Å²) in [5, 5.41) is 13.0. The van der Waals surface area contributed by atoms with Crippen molar-refractivity contribution in [2.75, 3.05) is 5.32 Å². The summed E-state index contributed by atoms with van der Waals surface area (Å²) < 4.78 is 0. The van der Waals surface area contributed by atoms with E-state index in [0.717, 1.165) is 11.3 Å². The van der Waals surface area contributed by atoms with Crippen LogP contribution in [0, 0.1) is 11.3 Å². The molecule has 0 aliphatic rings. The molecule has 0 bridgehead atoms. The molecule has 0 fully saturated rings. The van der Waals surface area contributed by atoms with Gasteiger partial charge in [0.05, 0.1) is 17.4 Å². The van der Waals surface area contributed by atoms with E-state index in [-0.39, 0.29) is 6.04 Å². The van der Waals surface area contributed by atoms with Crippen LogP contribution in [0.2, 0.25) is 5.02 Å². The van der Waals surface area contributed by atoms with E-state index in [9.17, 15) is 0 Å². The number of nitrogens with zero attached hydrogens (tertiary/aromatic N) is 2. The lowest BCUT2D eigenvalue weighted by molar-refractivity contribution is 0.882. The molecule has 1 heterocycles. The van der Waals surface area contributed by atoms with E-state index in [4.69, 9.17) is 16.9 Å². The summed E-state index contributed by atoms with van der Waals surface area (Å²) in [6.45, 7) is 2.01. The number of nitriles is 1. The van der Waals surface area contributed by atoms with Gasteiger partial charge in [0.15, 0.2) is 0 Å². The fraction of sp³-hybridized carbons (Fsp3) is 0.143. The SMILES string of the molecule is CC(Nc1cnccc1C#N)c1cccc(Cl)c1. The van der Waals surface area contributed by atoms with Gasteiger partial charge in [0.2, 0.25) is 0 Å². The number of hydrogen-bond donors (Lipinski definition) is 1. The predicted molar refractivity (Wildman–Crippen MR) is 72.4 cm³/mol. The molecule has 0 aliphatic heterocycles. The molecule has 0 saturated heterocycles. The quantitative estimate of drug-likeness (QED) is 0.910. The average Bonchev–Trinajstić information content (AvgIpc) is 2.39. The van der Waals surface area contributed by atoms with Crippen molar-refractivity contribution >= 4 is 17.3 Å². The van der Waals surface area contributed by atoms with Crippen molar-refractivity contribution in [2.24, 2.45) is 0 Å². The third-order valence-electron chi connectivity index (χ3n) is 2.66. The molecule has 0 aliphatic carbocycles. The lowest BCUT2D eigenvalue weighted by atomic mass is 10.1. The van der Waals surface area contributed by atoms with Gasteiger partial charge >= 0.3 is 0 Å². The highest BCUT2D eigenvalue weighted by atomic mass is 35.5. The van der Waals surface area contributed by atoms with E-state index >= 15 is 0 Å². The fourth-order valence-electron chi connectivity index (χ4n) is 1.70. The van der Waals surface area contributed by atoms with Crippen molar-refractivity contribution in [3.05, 3.63) is 58.9 Å². The van der Waals surface area contributed by atoms with Gasteiger partial charge in [-0.1, -0.05) is 23.7 Å². The van der Waals surface area contributed by atoms with Gasteiger partial charge < -0.3 is 5.32 Å². The second-order valence-electron chi connectivity index (χ2n) is 3.95. The van der Waals surface area contributed by atoms with E-state index in [2.05, 4.69) is 16.4 Å². The van der Waals surface area contributed by atoms with Crippen LogP contribution in [0.1, 0.15) is 24.1 Å². The summed E-state index contributed by atoms with van der Waals surface area (Å²) in [5.41, 5.74) is 2.38. The molecule has 1 N–H and O–H groups in total. The van der Waals surface area contributed by atoms with Crippen LogP contribution >= 0.6 is 11.6 Å². The number of aromatic nitrogens is 1. The van der Waals surface area contributed by atoms with Gasteiger partial charge in [0.25, 0.3) is 0 Å². The lowest BCUT2D eigenvalue weighted by Crippen LogP contribution is -2.08. The first kappa shape index (κ1) is 12.4. The lowest BCUT2D eigenvalue weighted by Gasteiger charge is -2.16. The number of hydrogen-bond acceptors (Lipinski definition) is 3. The number of nitrogens with one attached hydrogen (secondary N) is 1. The van der Waals surface area contributed by atoms with Crippen molar-refractivity contribution in [3.63, 3.8) is 0 Å². The molecule has 2 aromatic rings. The van der Waals surface area contributed by atoms with Crippen molar-refractivity contribution in [1.82, 2.24) is 4.98 Å². The zero-order valence-electron chi connectivity index (χ0n) is 9.89. The molecule has 1 unspecified atom stereocenters. The fourth-order valence-corrected chi connectivity index (χ4v) is 1.90. The van der Waals surface area contributed by atoms with Crippen LogP contribution in [0.3, 0.4) is 0 Å². The molecule has 4 heteroatoms. The number of pyridine rings is 1. The van der Waals surface area contributed by atoms with Crippen LogP contribution in [0.4, 0.5) is 5.69 Å². The number of halogens is 1. The summed E-state index contributed by atoms with van der Waals surface area (Å²) in [6, 6.07) is 11.5. The number of rotatable bonds is 3. The zero-order chi connectivity index (χ0) is 13.0. The number of anilines is 1. The second-order valence-corrected chi connectivity index (χ2v) is 4.39. The zero-order valence-corrected chi connectivity index (χ0v) is 10.6. The Bertz CT molecular complexity index is 590. The van der Waals surface area contributed by atoms with Crippen molar-refractivity contribution in [3.8, 4) is 6.07 Å². The molecule has 90 valence electrons. The Morgan fingerprint density at radius 2 is 2.22 bits per heavy atom. The van der Waals surface area contributed by atoms with Crippen LogP contribution in [0.5, 0.6) is 0 Å². The molecule has 3 nitrogen and oxygen atoms in total. The molecule has 2 rings (SSSR count). The van der Waals surface area contributed by atoms with Crippen LogP contribution in [-0.2, 0) is 0 Å². The average molecular weight is 258 g/mol. The molecule has 18 heavy (non-hydrogen) atoms. The molecule has 0 amide bonds. The first-order chi connectivity index (χ1) is 8.70. The predicted octanol–water partition coefficient (Wildman–Crippen LogP) is 3.78. The minimum absolute atomic E-state index is 0.0556. The first-order valence-corrected chi connectivity index (χ1v) is 5.94. The van der Waals surface area contributed by atoms with Gasteiger partial charge in [0, 0.05) is 17.3 Å². The third-order valence-corrected chi connectivity index (χ3v) is 2.90. The summed E-state index contributed by atoms with van der Waals surface area (Å²) in [4.78, 5) is 4.02. The second kappa shape index (κ2) is 5.52. The molecule has 1 aromatic carbocycles. The van der Waals surface area contributed by atoms with Crippen LogP contribution in [0.25, 0.3) is 0 Å². The summed E-state index contributed by atoms with van der Waals surface area (Å²) in [5.74, 6) is 0. The minimum atomic E-state index is 0.0556. The molecule has 0 radical (unpaired) electrons. The minimum Gasteiger partial charge on any atom is -0.376 e. The van der Waals surface area contributed by atoms with E-state index in [1.165, 1.54) is 0 Å².